The topological polar surface area (TPSA) is 92.3 Å². The predicted molar refractivity (Wildman–Crippen MR) is 106 cm³/mol. The molecule has 6 nitrogen and oxygen atoms in total. The van der Waals surface area contributed by atoms with E-state index in [0.29, 0.717) is 60.0 Å². The molecule has 0 spiro atoms. The SMILES string of the molecule is C=CC(=O)OCCCCOc1ccc2c(c1)Oc1ccccc1C2=C(C#N)C#N. The Labute approximate surface area is 168 Å². The van der Waals surface area contributed by atoms with E-state index in [4.69, 9.17) is 14.2 Å². The maximum absolute atomic E-state index is 11.0. The molecule has 0 atom stereocenters. The molecule has 0 bridgehead atoms. The molecule has 0 aliphatic carbocycles. The van der Waals surface area contributed by atoms with Gasteiger partial charge in [-0.1, -0.05) is 24.8 Å². The number of nitriles is 2. The highest BCUT2D eigenvalue weighted by atomic mass is 16.5. The number of benzene rings is 2. The Balaban J connectivity index is 1.74. The Kier molecular flexibility index (Phi) is 6.29. The van der Waals surface area contributed by atoms with E-state index in [-0.39, 0.29) is 5.57 Å². The minimum atomic E-state index is -0.434. The number of rotatable bonds is 7. The summed E-state index contributed by atoms with van der Waals surface area (Å²) in [5.41, 5.74) is 1.97. The van der Waals surface area contributed by atoms with Crippen molar-refractivity contribution in [3.8, 4) is 29.4 Å². The maximum atomic E-state index is 11.0. The second-order valence-corrected chi connectivity index (χ2v) is 6.16. The second kappa shape index (κ2) is 9.25. The molecule has 0 unspecified atom stereocenters. The molecular weight excluding hydrogens is 368 g/mol. The van der Waals surface area contributed by atoms with Gasteiger partial charge in [-0.05, 0) is 31.0 Å². The number of allylic oxidation sites excluding steroid dienone is 1. The van der Waals surface area contributed by atoms with Crippen LogP contribution in [0.1, 0.15) is 24.0 Å². The summed E-state index contributed by atoms with van der Waals surface area (Å²) in [6.07, 6.45) is 2.52. The van der Waals surface area contributed by atoms with Crippen LogP contribution in [0.3, 0.4) is 0 Å². The Morgan fingerprint density at radius 3 is 2.52 bits per heavy atom. The van der Waals surface area contributed by atoms with Gasteiger partial charge in [0.2, 0.25) is 0 Å². The van der Waals surface area contributed by atoms with E-state index in [2.05, 4.69) is 6.58 Å². The van der Waals surface area contributed by atoms with Crippen LogP contribution in [0.4, 0.5) is 0 Å². The van der Waals surface area contributed by atoms with Crippen molar-refractivity contribution in [3.05, 3.63) is 71.8 Å². The number of ether oxygens (including phenoxy) is 3. The summed E-state index contributed by atoms with van der Waals surface area (Å²) in [4.78, 5) is 11.0. The molecule has 0 aromatic heterocycles. The lowest BCUT2D eigenvalue weighted by Gasteiger charge is -2.23. The van der Waals surface area contributed by atoms with Crippen LogP contribution in [0.2, 0.25) is 0 Å². The van der Waals surface area contributed by atoms with E-state index in [1.165, 1.54) is 0 Å². The van der Waals surface area contributed by atoms with Crippen molar-refractivity contribution in [1.82, 2.24) is 0 Å². The van der Waals surface area contributed by atoms with E-state index in [1.807, 2.05) is 30.3 Å². The molecule has 3 rings (SSSR count). The Morgan fingerprint density at radius 1 is 1.03 bits per heavy atom. The van der Waals surface area contributed by atoms with E-state index in [9.17, 15) is 15.3 Å². The highest BCUT2D eigenvalue weighted by Gasteiger charge is 2.25. The molecule has 29 heavy (non-hydrogen) atoms. The zero-order valence-corrected chi connectivity index (χ0v) is 15.7. The molecular formula is C23H18N2O4. The number of esters is 1. The fraction of sp³-hybridized carbons (Fsp3) is 0.174. The highest BCUT2D eigenvalue weighted by Crippen LogP contribution is 2.45. The number of fused-ring (bicyclic) bond motifs is 2. The van der Waals surface area contributed by atoms with Crippen molar-refractivity contribution >= 4 is 11.5 Å². The first kappa shape index (κ1) is 19.7. The molecule has 2 aromatic carbocycles. The molecule has 0 saturated carbocycles. The van der Waals surface area contributed by atoms with Gasteiger partial charge >= 0.3 is 5.97 Å². The molecule has 0 N–H and O–H groups in total. The van der Waals surface area contributed by atoms with Crippen LogP contribution >= 0.6 is 0 Å². The third-order valence-corrected chi connectivity index (χ3v) is 4.29. The Bertz CT molecular complexity index is 1040. The molecule has 0 radical (unpaired) electrons. The van der Waals surface area contributed by atoms with Crippen molar-refractivity contribution in [3.63, 3.8) is 0 Å². The van der Waals surface area contributed by atoms with Crippen LogP contribution in [-0.4, -0.2) is 19.2 Å². The summed E-state index contributed by atoms with van der Waals surface area (Å²) in [5.74, 6) is 1.29. The summed E-state index contributed by atoms with van der Waals surface area (Å²) in [6.45, 7) is 4.11. The molecule has 0 amide bonds. The van der Waals surface area contributed by atoms with Crippen LogP contribution in [0.25, 0.3) is 5.57 Å². The zero-order chi connectivity index (χ0) is 20.6. The van der Waals surface area contributed by atoms with Gasteiger partial charge in [-0.15, -0.1) is 0 Å². The lowest BCUT2D eigenvalue weighted by Crippen LogP contribution is -2.06. The normalized spacial score (nSPS) is 11.0. The van der Waals surface area contributed by atoms with Crippen LogP contribution < -0.4 is 9.47 Å². The zero-order valence-electron chi connectivity index (χ0n) is 15.7. The average molecular weight is 386 g/mol. The molecule has 1 aliphatic heterocycles. The number of carbonyl (C=O) groups is 1. The highest BCUT2D eigenvalue weighted by molar-refractivity contribution is 5.93. The van der Waals surface area contributed by atoms with Gasteiger partial charge in [-0.25, -0.2) is 4.79 Å². The number of hydrogen-bond donors (Lipinski definition) is 0. The molecule has 144 valence electrons. The second-order valence-electron chi connectivity index (χ2n) is 6.16. The van der Waals surface area contributed by atoms with Gasteiger partial charge in [0, 0.05) is 28.8 Å². The monoisotopic (exact) mass is 386 g/mol. The van der Waals surface area contributed by atoms with Gasteiger partial charge in [0.15, 0.2) is 0 Å². The summed E-state index contributed by atoms with van der Waals surface area (Å²) in [6, 6.07) is 16.5. The van der Waals surface area contributed by atoms with Crippen LogP contribution in [0.15, 0.2) is 60.7 Å². The van der Waals surface area contributed by atoms with E-state index in [1.54, 1.807) is 24.3 Å². The Hall–Kier alpha value is -4.03. The number of para-hydroxylation sites is 1. The number of nitrogens with zero attached hydrogens (tertiary/aromatic N) is 2. The average Bonchev–Trinajstić information content (AvgIpc) is 2.76. The van der Waals surface area contributed by atoms with Gasteiger partial charge in [0.1, 0.15) is 35.0 Å². The molecule has 1 heterocycles. The van der Waals surface area contributed by atoms with Gasteiger partial charge in [-0.2, -0.15) is 10.5 Å². The van der Waals surface area contributed by atoms with Crippen molar-refractivity contribution < 1.29 is 19.0 Å². The van der Waals surface area contributed by atoms with E-state index in [0.717, 1.165) is 6.08 Å². The summed E-state index contributed by atoms with van der Waals surface area (Å²) >= 11 is 0. The first-order chi connectivity index (χ1) is 14.2. The van der Waals surface area contributed by atoms with Gasteiger partial charge < -0.3 is 14.2 Å². The molecule has 2 aromatic rings. The molecule has 1 aliphatic rings. The predicted octanol–water partition coefficient (Wildman–Crippen LogP) is 4.53. The Morgan fingerprint density at radius 2 is 1.76 bits per heavy atom. The number of carbonyl (C=O) groups excluding carboxylic acids is 1. The third-order valence-electron chi connectivity index (χ3n) is 4.29. The van der Waals surface area contributed by atoms with Gasteiger partial charge in [0.25, 0.3) is 0 Å². The van der Waals surface area contributed by atoms with Crippen LogP contribution in [-0.2, 0) is 9.53 Å². The van der Waals surface area contributed by atoms with Crippen LogP contribution in [0.5, 0.6) is 17.2 Å². The first-order valence-electron chi connectivity index (χ1n) is 9.06. The van der Waals surface area contributed by atoms with E-state index < -0.39 is 5.97 Å². The largest absolute Gasteiger partial charge is 0.493 e. The molecule has 0 fully saturated rings. The van der Waals surface area contributed by atoms with Crippen LogP contribution in [0, 0.1) is 22.7 Å². The minimum absolute atomic E-state index is 0.0322. The standard InChI is InChI=1S/C23H18N2O4/c1-2-22(26)28-12-6-5-11-27-17-9-10-19-21(13-17)29-20-8-4-3-7-18(20)23(19)16(14-24)15-25/h2-4,7-10,13H,1,5-6,11-12H2. The van der Waals surface area contributed by atoms with Crippen molar-refractivity contribution in [2.75, 3.05) is 13.2 Å². The number of hydrogen-bond acceptors (Lipinski definition) is 6. The van der Waals surface area contributed by atoms with Crippen molar-refractivity contribution in [2.45, 2.75) is 12.8 Å². The maximum Gasteiger partial charge on any atom is 0.330 e. The third kappa shape index (κ3) is 4.45. The number of unbranched alkanes of at least 4 members (excludes halogenated alkanes) is 1. The van der Waals surface area contributed by atoms with Crippen molar-refractivity contribution in [1.29, 1.82) is 10.5 Å². The molecule has 0 saturated heterocycles. The fourth-order valence-corrected chi connectivity index (χ4v) is 2.94. The summed E-state index contributed by atoms with van der Waals surface area (Å²) in [7, 11) is 0. The fourth-order valence-electron chi connectivity index (χ4n) is 2.94. The minimum Gasteiger partial charge on any atom is -0.493 e. The van der Waals surface area contributed by atoms with Gasteiger partial charge in [0.05, 0.1) is 13.2 Å². The first-order valence-corrected chi connectivity index (χ1v) is 9.06. The lowest BCUT2D eigenvalue weighted by molar-refractivity contribution is -0.137. The van der Waals surface area contributed by atoms with Crippen molar-refractivity contribution in [2.24, 2.45) is 0 Å². The summed E-state index contributed by atoms with van der Waals surface area (Å²) < 4.78 is 16.6. The smallest absolute Gasteiger partial charge is 0.330 e. The van der Waals surface area contributed by atoms with E-state index >= 15 is 0 Å². The quantitative estimate of drug-likeness (QED) is 0.256. The molecule has 6 heteroatoms. The summed E-state index contributed by atoms with van der Waals surface area (Å²) in [5, 5.41) is 18.8. The lowest BCUT2D eigenvalue weighted by atomic mass is 9.90. The van der Waals surface area contributed by atoms with Gasteiger partial charge in [-0.3, -0.25) is 0 Å².